The minimum atomic E-state index is -0.0367. The molecule has 18 heavy (non-hydrogen) atoms. The Labute approximate surface area is 119 Å². The molecule has 0 bridgehead atoms. The molecule has 0 saturated heterocycles. The van der Waals surface area contributed by atoms with Gasteiger partial charge in [-0.15, -0.1) is 0 Å². The number of aliphatic hydroxyl groups excluding tert-OH is 1. The minimum absolute atomic E-state index is 0.0367. The Morgan fingerprint density at radius 2 is 1.89 bits per heavy atom. The van der Waals surface area contributed by atoms with Crippen LogP contribution in [0.25, 0.3) is 0 Å². The third-order valence-corrected chi connectivity index (χ3v) is 4.26. The Morgan fingerprint density at radius 1 is 1.22 bits per heavy atom. The summed E-state index contributed by atoms with van der Waals surface area (Å²) in [4.78, 5) is 0. The standard InChI is InChI=1S/C14H21Cl2NO/c1-3-14(4-2,10-18)9-17-8-11-7-12(15)5-6-13(11)16/h5-7,17-18H,3-4,8-10H2,1-2H3. The second-order valence-corrected chi connectivity index (χ2v) is 5.55. The lowest BCUT2D eigenvalue weighted by Crippen LogP contribution is -2.36. The summed E-state index contributed by atoms with van der Waals surface area (Å²) in [6.07, 6.45) is 1.91. The molecule has 0 fully saturated rings. The minimum Gasteiger partial charge on any atom is -0.396 e. The lowest BCUT2D eigenvalue weighted by molar-refractivity contribution is 0.113. The van der Waals surface area contributed by atoms with Gasteiger partial charge in [0, 0.05) is 35.2 Å². The number of nitrogens with one attached hydrogen (secondary N) is 1. The number of aliphatic hydroxyl groups is 1. The van der Waals surface area contributed by atoms with Gasteiger partial charge < -0.3 is 10.4 Å². The molecule has 102 valence electrons. The van der Waals surface area contributed by atoms with E-state index in [-0.39, 0.29) is 12.0 Å². The van der Waals surface area contributed by atoms with Crippen LogP contribution >= 0.6 is 23.2 Å². The summed E-state index contributed by atoms with van der Waals surface area (Å²) in [5.74, 6) is 0. The van der Waals surface area contributed by atoms with Crippen LogP contribution < -0.4 is 5.32 Å². The van der Waals surface area contributed by atoms with Crippen LogP contribution in [0.1, 0.15) is 32.3 Å². The Morgan fingerprint density at radius 3 is 2.44 bits per heavy atom. The highest BCUT2D eigenvalue weighted by Crippen LogP contribution is 2.25. The van der Waals surface area contributed by atoms with E-state index in [1.54, 1.807) is 12.1 Å². The molecular weight excluding hydrogens is 269 g/mol. The fraction of sp³-hybridized carbons (Fsp3) is 0.571. The maximum absolute atomic E-state index is 9.49. The monoisotopic (exact) mass is 289 g/mol. The average Bonchev–Trinajstić information content (AvgIpc) is 2.39. The smallest absolute Gasteiger partial charge is 0.0499 e. The third-order valence-electron chi connectivity index (χ3n) is 3.66. The fourth-order valence-electron chi connectivity index (χ4n) is 1.92. The van der Waals surface area contributed by atoms with Gasteiger partial charge in [0.15, 0.2) is 0 Å². The van der Waals surface area contributed by atoms with Crippen molar-refractivity contribution in [2.45, 2.75) is 33.2 Å². The summed E-state index contributed by atoms with van der Waals surface area (Å²) in [7, 11) is 0. The van der Waals surface area contributed by atoms with Crippen LogP contribution in [0, 0.1) is 5.41 Å². The highest BCUT2D eigenvalue weighted by atomic mass is 35.5. The van der Waals surface area contributed by atoms with Crippen LogP contribution in [0.3, 0.4) is 0 Å². The zero-order valence-electron chi connectivity index (χ0n) is 11.0. The molecule has 0 atom stereocenters. The molecule has 2 N–H and O–H groups in total. The molecule has 1 aromatic carbocycles. The Balaban J connectivity index is 2.57. The molecule has 1 rings (SSSR count). The quantitative estimate of drug-likeness (QED) is 0.798. The van der Waals surface area contributed by atoms with Gasteiger partial charge >= 0.3 is 0 Å². The van der Waals surface area contributed by atoms with E-state index in [1.807, 2.05) is 6.07 Å². The van der Waals surface area contributed by atoms with E-state index >= 15 is 0 Å². The van der Waals surface area contributed by atoms with Gasteiger partial charge in [0.2, 0.25) is 0 Å². The summed E-state index contributed by atoms with van der Waals surface area (Å²) >= 11 is 12.0. The van der Waals surface area contributed by atoms with Gasteiger partial charge in [0.25, 0.3) is 0 Å². The largest absolute Gasteiger partial charge is 0.396 e. The number of hydrogen-bond acceptors (Lipinski definition) is 2. The number of halogens is 2. The molecule has 0 heterocycles. The first-order valence-corrected chi connectivity index (χ1v) is 7.08. The molecule has 1 aromatic rings. The predicted octanol–water partition coefficient (Wildman–Crippen LogP) is 3.88. The van der Waals surface area contributed by atoms with E-state index in [0.717, 1.165) is 30.0 Å². The summed E-state index contributed by atoms with van der Waals surface area (Å²) in [5.41, 5.74) is 0.952. The molecule has 0 aromatic heterocycles. The SMILES string of the molecule is CCC(CC)(CO)CNCc1cc(Cl)ccc1Cl. The number of benzene rings is 1. The van der Waals surface area contributed by atoms with Gasteiger partial charge in [0.1, 0.15) is 0 Å². The summed E-state index contributed by atoms with van der Waals surface area (Å²) in [6, 6.07) is 5.46. The van der Waals surface area contributed by atoms with Crippen molar-refractivity contribution in [2.75, 3.05) is 13.2 Å². The van der Waals surface area contributed by atoms with Gasteiger partial charge in [-0.05, 0) is 36.6 Å². The summed E-state index contributed by atoms with van der Waals surface area (Å²) < 4.78 is 0. The van der Waals surface area contributed by atoms with Crippen molar-refractivity contribution >= 4 is 23.2 Å². The molecule has 0 unspecified atom stereocenters. The number of rotatable bonds is 7. The molecule has 0 aliphatic rings. The first-order chi connectivity index (χ1) is 8.56. The summed E-state index contributed by atoms with van der Waals surface area (Å²) in [6.45, 7) is 5.86. The van der Waals surface area contributed by atoms with Crippen LogP contribution in [-0.4, -0.2) is 18.3 Å². The lowest BCUT2D eigenvalue weighted by atomic mass is 9.83. The van der Waals surface area contributed by atoms with Crippen molar-refractivity contribution in [1.29, 1.82) is 0 Å². The van der Waals surface area contributed by atoms with E-state index < -0.39 is 0 Å². The second kappa shape index (κ2) is 7.34. The average molecular weight is 290 g/mol. The van der Waals surface area contributed by atoms with E-state index in [2.05, 4.69) is 19.2 Å². The van der Waals surface area contributed by atoms with E-state index in [1.165, 1.54) is 0 Å². The van der Waals surface area contributed by atoms with Gasteiger partial charge in [0.05, 0.1) is 0 Å². The highest BCUT2D eigenvalue weighted by molar-refractivity contribution is 6.33. The van der Waals surface area contributed by atoms with E-state index in [0.29, 0.717) is 11.6 Å². The Bertz CT molecular complexity index is 370. The molecule has 2 nitrogen and oxygen atoms in total. The van der Waals surface area contributed by atoms with Crippen molar-refractivity contribution in [2.24, 2.45) is 5.41 Å². The number of hydrogen-bond donors (Lipinski definition) is 2. The molecular formula is C14H21Cl2NO. The first-order valence-electron chi connectivity index (χ1n) is 6.32. The second-order valence-electron chi connectivity index (χ2n) is 4.70. The van der Waals surface area contributed by atoms with E-state index in [4.69, 9.17) is 23.2 Å². The lowest BCUT2D eigenvalue weighted by Gasteiger charge is -2.29. The summed E-state index contributed by atoms with van der Waals surface area (Å²) in [5, 5.41) is 14.3. The van der Waals surface area contributed by atoms with Crippen LogP contribution in [-0.2, 0) is 6.54 Å². The molecule has 0 spiro atoms. The Kier molecular flexibility index (Phi) is 6.44. The van der Waals surface area contributed by atoms with Crippen molar-refractivity contribution < 1.29 is 5.11 Å². The van der Waals surface area contributed by atoms with E-state index in [9.17, 15) is 5.11 Å². The highest BCUT2D eigenvalue weighted by Gasteiger charge is 2.24. The molecule has 0 saturated carbocycles. The zero-order chi connectivity index (χ0) is 13.6. The molecule has 4 heteroatoms. The zero-order valence-corrected chi connectivity index (χ0v) is 12.5. The Hall–Kier alpha value is -0.280. The molecule has 0 radical (unpaired) electrons. The van der Waals surface area contributed by atoms with Crippen molar-refractivity contribution in [3.05, 3.63) is 33.8 Å². The fourth-order valence-corrected chi connectivity index (χ4v) is 2.30. The maximum atomic E-state index is 9.49. The first kappa shape index (κ1) is 15.8. The van der Waals surface area contributed by atoms with Gasteiger partial charge in [-0.1, -0.05) is 37.0 Å². The van der Waals surface area contributed by atoms with Gasteiger partial charge in [-0.25, -0.2) is 0 Å². The van der Waals surface area contributed by atoms with Crippen LogP contribution in [0.15, 0.2) is 18.2 Å². The maximum Gasteiger partial charge on any atom is 0.0499 e. The van der Waals surface area contributed by atoms with Gasteiger partial charge in [-0.3, -0.25) is 0 Å². The topological polar surface area (TPSA) is 32.3 Å². The van der Waals surface area contributed by atoms with Crippen LogP contribution in [0.4, 0.5) is 0 Å². The third kappa shape index (κ3) is 4.13. The molecule has 0 aliphatic heterocycles. The predicted molar refractivity (Wildman–Crippen MR) is 78.3 cm³/mol. The van der Waals surface area contributed by atoms with Crippen molar-refractivity contribution in [1.82, 2.24) is 5.32 Å². The van der Waals surface area contributed by atoms with Gasteiger partial charge in [-0.2, -0.15) is 0 Å². The van der Waals surface area contributed by atoms with Crippen LogP contribution in [0.5, 0.6) is 0 Å². The van der Waals surface area contributed by atoms with Crippen molar-refractivity contribution in [3.63, 3.8) is 0 Å². The normalized spacial score (nSPS) is 11.8. The molecule has 0 aliphatic carbocycles. The van der Waals surface area contributed by atoms with Crippen LogP contribution in [0.2, 0.25) is 10.0 Å². The van der Waals surface area contributed by atoms with Crippen molar-refractivity contribution in [3.8, 4) is 0 Å². The molecule has 0 amide bonds.